The third kappa shape index (κ3) is 8.67. The maximum absolute atomic E-state index is 11.2. The van der Waals surface area contributed by atoms with Gasteiger partial charge in [-0.3, -0.25) is 9.80 Å². The van der Waals surface area contributed by atoms with E-state index in [0.29, 0.717) is 58.9 Å². The van der Waals surface area contributed by atoms with Crippen molar-refractivity contribution in [3.05, 3.63) is 58.3 Å². The number of β-amino-alcohol motifs (C(OH)–C–C–N with tert-alkyl or cyclic N) is 1. The first-order valence-electron chi connectivity index (χ1n) is 14.5. The Kier molecular flexibility index (Phi) is 10.5. The van der Waals surface area contributed by atoms with Crippen molar-refractivity contribution in [1.29, 1.82) is 0 Å². The van der Waals surface area contributed by atoms with Crippen LogP contribution in [0.25, 0.3) is 11.3 Å². The number of pyridine rings is 1. The number of carbonyl (C=O) groups is 1. The Bertz CT molecular complexity index is 1360. The number of nitrogens with zero attached hydrogens (tertiary/aromatic N) is 7. The van der Waals surface area contributed by atoms with E-state index in [1.807, 2.05) is 24.3 Å². The molecule has 11 nitrogen and oxygen atoms in total. The number of piperazine rings is 1. The maximum atomic E-state index is 11.2. The second-order valence-electron chi connectivity index (χ2n) is 11.1. The number of hydrogen-bond donors (Lipinski definition) is 2. The van der Waals surface area contributed by atoms with Crippen molar-refractivity contribution in [3.63, 3.8) is 0 Å². The minimum atomic E-state index is -0.891. The van der Waals surface area contributed by atoms with Crippen LogP contribution in [0.15, 0.2) is 42.7 Å². The van der Waals surface area contributed by atoms with Gasteiger partial charge in [0.15, 0.2) is 5.75 Å². The molecule has 4 heterocycles. The molecular weight excluding hydrogens is 593 g/mol. The van der Waals surface area contributed by atoms with E-state index in [1.165, 1.54) is 4.90 Å². The molecule has 2 N–H and O–H groups in total. The molecule has 1 amide bonds. The molecule has 2 aromatic heterocycles. The first kappa shape index (κ1) is 31.2. The zero-order chi connectivity index (χ0) is 30.3. The van der Waals surface area contributed by atoms with E-state index in [-0.39, 0.29) is 6.61 Å². The predicted molar refractivity (Wildman–Crippen MR) is 166 cm³/mol. The van der Waals surface area contributed by atoms with Crippen molar-refractivity contribution >= 4 is 35.2 Å². The second-order valence-corrected chi connectivity index (χ2v) is 12.0. The molecule has 0 unspecified atom stereocenters. The van der Waals surface area contributed by atoms with Gasteiger partial charge in [0.1, 0.15) is 0 Å². The van der Waals surface area contributed by atoms with E-state index >= 15 is 0 Å². The summed E-state index contributed by atoms with van der Waals surface area (Å²) in [6.45, 7) is 7.13. The Morgan fingerprint density at radius 2 is 1.65 bits per heavy atom. The van der Waals surface area contributed by atoms with E-state index in [0.717, 1.165) is 63.2 Å². The number of carboxylic acid groups (broad SMARTS) is 1. The molecule has 0 spiro atoms. The van der Waals surface area contributed by atoms with Gasteiger partial charge in [-0.15, -0.1) is 0 Å². The molecular formula is C30H37Cl2N7O4. The van der Waals surface area contributed by atoms with Gasteiger partial charge in [0.2, 0.25) is 11.8 Å². The third-order valence-corrected chi connectivity index (χ3v) is 8.34. The topological polar surface area (TPSA) is 118 Å². The summed E-state index contributed by atoms with van der Waals surface area (Å²) < 4.78 is 6.17. The average molecular weight is 631 g/mol. The Labute approximate surface area is 261 Å². The lowest BCUT2D eigenvalue weighted by atomic mass is 9.96. The summed E-state index contributed by atoms with van der Waals surface area (Å²) in [6, 6.07) is 9.28. The molecule has 2 saturated heterocycles. The Balaban J connectivity index is 1.30. The highest BCUT2D eigenvalue weighted by atomic mass is 35.5. The van der Waals surface area contributed by atoms with Crippen LogP contribution in [0.4, 0.5) is 10.7 Å². The fourth-order valence-electron chi connectivity index (χ4n) is 5.56. The van der Waals surface area contributed by atoms with Crippen molar-refractivity contribution in [1.82, 2.24) is 29.7 Å². The molecule has 3 aromatic rings. The van der Waals surface area contributed by atoms with Crippen LogP contribution in [0.3, 0.4) is 0 Å². The normalized spacial score (nSPS) is 16.8. The first-order valence-corrected chi connectivity index (χ1v) is 15.2. The van der Waals surface area contributed by atoms with Gasteiger partial charge in [-0.1, -0.05) is 23.2 Å². The summed E-state index contributed by atoms with van der Waals surface area (Å²) in [5.74, 6) is 1.89. The predicted octanol–water partition coefficient (Wildman–Crippen LogP) is 4.57. The number of hydrogen-bond acceptors (Lipinski definition) is 9. The number of likely N-dealkylation sites (tertiary alicyclic amines) is 1. The van der Waals surface area contributed by atoms with Crippen LogP contribution in [0.1, 0.15) is 18.4 Å². The van der Waals surface area contributed by atoms with Crippen LogP contribution in [-0.2, 0) is 6.54 Å². The highest BCUT2D eigenvalue weighted by molar-refractivity contribution is 6.35. The largest absolute Gasteiger partial charge is 0.465 e. The van der Waals surface area contributed by atoms with Gasteiger partial charge < -0.3 is 24.7 Å². The van der Waals surface area contributed by atoms with Gasteiger partial charge in [-0.25, -0.2) is 19.7 Å². The van der Waals surface area contributed by atoms with Gasteiger partial charge in [0, 0.05) is 74.5 Å². The van der Waals surface area contributed by atoms with Crippen molar-refractivity contribution in [2.24, 2.45) is 5.92 Å². The quantitative estimate of drug-likeness (QED) is 0.330. The van der Waals surface area contributed by atoms with Crippen LogP contribution in [0, 0.1) is 5.92 Å². The zero-order valence-corrected chi connectivity index (χ0v) is 25.7. The van der Waals surface area contributed by atoms with Crippen LogP contribution in [-0.4, -0.2) is 112 Å². The fraction of sp³-hybridized carbons (Fsp3) is 0.467. The van der Waals surface area contributed by atoms with Crippen LogP contribution < -0.4 is 9.64 Å². The number of amides is 1. The smallest absolute Gasteiger partial charge is 0.407 e. The standard InChI is InChI=1S/C30H37Cl2N7O4/c1-36(30(41)42)19-21-2-4-38(5-3-21)20-22-12-27(23-14-24(31)16-25(32)15-23)35-28(13-22)43-26-17-33-29(34-18-26)39-8-6-37(7-9-39)10-11-40/h12-18,21,40H,2-11,19-20H2,1H3,(H,41,42). The van der Waals surface area contributed by atoms with Crippen molar-refractivity contribution in [2.45, 2.75) is 19.4 Å². The molecule has 2 aliphatic heterocycles. The number of anilines is 1. The van der Waals surface area contributed by atoms with Crippen LogP contribution in [0.2, 0.25) is 10.0 Å². The van der Waals surface area contributed by atoms with E-state index in [9.17, 15) is 15.0 Å². The van der Waals surface area contributed by atoms with Crippen LogP contribution in [0.5, 0.6) is 11.6 Å². The van der Waals surface area contributed by atoms with Gasteiger partial charge >= 0.3 is 6.09 Å². The lowest BCUT2D eigenvalue weighted by Crippen LogP contribution is -2.47. The molecule has 2 fully saturated rings. The monoisotopic (exact) mass is 629 g/mol. The average Bonchev–Trinajstić information content (AvgIpc) is 2.98. The van der Waals surface area contributed by atoms with Gasteiger partial charge in [-0.2, -0.15) is 0 Å². The minimum absolute atomic E-state index is 0.161. The molecule has 5 rings (SSSR count). The summed E-state index contributed by atoms with van der Waals surface area (Å²) in [4.78, 5) is 33.1. The number of piperidine rings is 1. The van der Waals surface area contributed by atoms with E-state index in [2.05, 4.69) is 24.7 Å². The second kappa shape index (κ2) is 14.5. The fourth-order valence-corrected chi connectivity index (χ4v) is 6.09. The molecule has 230 valence electrons. The number of aliphatic hydroxyl groups is 1. The van der Waals surface area contributed by atoms with Gasteiger partial charge in [0.25, 0.3) is 0 Å². The molecule has 0 atom stereocenters. The molecule has 43 heavy (non-hydrogen) atoms. The summed E-state index contributed by atoms with van der Waals surface area (Å²) in [6.07, 6.45) is 4.29. The summed E-state index contributed by atoms with van der Waals surface area (Å²) in [7, 11) is 1.62. The number of aliphatic hydroxyl groups excluding tert-OH is 1. The minimum Gasteiger partial charge on any atom is -0.465 e. The summed E-state index contributed by atoms with van der Waals surface area (Å²) in [5.41, 5.74) is 2.50. The first-order chi connectivity index (χ1) is 20.7. The van der Waals surface area contributed by atoms with Crippen molar-refractivity contribution < 1.29 is 19.7 Å². The number of halogens is 2. The molecule has 0 aliphatic carbocycles. The van der Waals surface area contributed by atoms with Gasteiger partial charge in [0.05, 0.1) is 24.7 Å². The van der Waals surface area contributed by atoms with Crippen molar-refractivity contribution in [3.8, 4) is 22.9 Å². The summed E-state index contributed by atoms with van der Waals surface area (Å²) >= 11 is 12.6. The Morgan fingerprint density at radius 1 is 0.977 bits per heavy atom. The Hall–Kier alpha value is -3.22. The maximum Gasteiger partial charge on any atom is 0.407 e. The molecule has 0 saturated carbocycles. The van der Waals surface area contributed by atoms with E-state index in [1.54, 1.807) is 25.5 Å². The Morgan fingerprint density at radius 3 is 2.28 bits per heavy atom. The van der Waals surface area contributed by atoms with E-state index < -0.39 is 6.09 Å². The highest BCUT2D eigenvalue weighted by Crippen LogP contribution is 2.31. The third-order valence-electron chi connectivity index (χ3n) is 7.90. The van der Waals surface area contributed by atoms with E-state index in [4.69, 9.17) is 32.9 Å². The van der Waals surface area contributed by atoms with Gasteiger partial charge in [-0.05, 0) is 61.7 Å². The number of aromatic nitrogens is 3. The lowest BCUT2D eigenvalue weighted by Gasteiger charge is -2.34. The SMILES string of the molecule is CN(CC1CCN(Cc2cc(Oc3cnc(N4CCN(CCO)CC4)nc3)nc(-c3cc(Cl)cc(Cl)c3)c2)CC1)C(=O)O. The molecule has 2 aliphatic rings. The zero-order valence-electron chi connectivity index (χ0n) is 24.2. The molecule has 0 bridgehead atoms. The summed E-state index contributed by atoms with van der Waals surface area (Å²) in [5, 5.41) is 19.4. The molecule has 0 radical (unpaired) electrons. The number of benzene rings is 1. The highest BCUT2D eigenvalue weighted by Gasteiger charge is 2.23. The number of rotatable bonds is 10. The molecule has 1 aromatic carbocycles. The van der Waals surface area contributed by atoms with Crippen LogP contribution >= 0.6 is 23.2 Å². The van der Waals surface area contributed by atoms with Crippen molar-refractivity contribution in [2.75, 3.05) is 70.9 Å². The lowest BCUT2D eigenvalue weighted by molar-refractivity contribution is 0.126. The molecule has 13 heteroatoms. The number of ether oxygens (including phenoxy) is 1.